The van der Waals surface area contributed by atoms with Crippen LogP contribution in [-0.2, 0) is 4.74 Å². The van der Waals surface area contributed by atoms with Gasteiger partial charge < -0.3 is 20.2 Å². The van der Waals surface area contributed by atoms with Crippen molar-refractivity contribution in [3.8, 4) is 0 Å². The first-order valence-corrected chi connectivity index (χ1v) is 9.17. The molecule has 10 heteroatoms. The smallest absolute Gasteiger partial charge is 0.408 e. The van der Waals surface area contributed by atoms with Gasteiger partial charge in [-0.05, 0) is 61.4 Å². The number of carbonyl (C=O) groups excluding carboxylic acids is 1. The predicted molar refractivity (Wildman–Crippen MR) is 97.7 cm³/mol. The number of nitrogens with zero attached hydrogens (tertiary/aromatic N) is 4. The molecule has 1 N–H and O–H groups in total. The van der Waals surface area contributed by atoms with Crippen molar-refractivity contribution < 1.29 is 19.1 Å². The average Bonchev–Trinajstić information content (AvgIpc) is 2.90. The lowest BCUT2D eigenvalue weighted by molar-refractivity contribution is -0.782. The zero-order valence-electron chi connectivity index (χ0n) is 15.2. The summed E-state index contributed by atoms with van der Waals surface area (Å²) in [6.45, 7) is 8.74. The van der Waals surface area contributed by atoms with E-state index in [0.29, 0.717) is 52.2 Å². The normalized spacial score (nSPS) is 17.3. The number of rotatable bonds is 2. The second-order valence-electron chi connectivity index (χ2n) is 7.73. The Hall–Kier alpha value is -2.10. The van der Waals surface area contributed by atoms with Crippen molar-refractivity contribution >= 4 is 38.9 Å². The van der Waals surface area contributed by atoms with E-state index in [9.17, 15) is 10.0 Å². The molecule has 142 valence electrons. The van der Waals surface area contributed by atoms with E-state index in [4.69, 9.17) is 9.37 Å². The number of pyridine rings is 1. The van der Waals surface area contributed by atoms with Crippen LogP contribution in [0.25, 0.3) is 11.0 Å². The Kier molecular flexibility index (Phi) is 4.72. The van der Waals surface area contributed by atoms with E-state index in [0.717, 1.165) is 0 Å². The molecule has 2 aromatic rings. The van der Waals surface area contributed by atoms with Crippen LogP contribution in [0, 0.1) is 5.21 Å². The molecule has 2 aromatic heterocycles. The molecule has 26 heavy (non-hydrogen) atoms. The lowest BCUT2D eigenvalue weighted by Gasteiger charge is -2.40. The Morgan fingerprint density at radius 2 is 2.12 bits per heavy atom. The third kappa shape index (κ3) is 3.84. The molecular formula is C16H22BrN5O4. The first kappa shape index (κ1) is 18.7. The fourth-order valence-electron chi connectivity index (χ4n) is 2.95. The predicted octanol–water partition coefficient (Wildman–Crippen LogP) is 2.50. The minimum atomic E-state index is -0.538. The van der Waals surface area contributed by atoms with Gasteiger partial charge in [0.25, 0.3) is 11.0 Å². The molecule has 0 unspecified atom stereocenters. The molecule has 3 rings (SSSR count). The van der Waals surface area contributed by atoms with E-state index in [1.807, 2.05) is 32.6 Å². The zero-order chi connectivity index (χ0) is 19.1. The number of amides is 1. The second-order valence-corrected chi connectivity index (χ2v) is 8.59. The summed E-state index contributed by atoms with van der Waals surface area (Å²) >= 11 is 3.32. The van der Waals surface area contributed by atoms with Crippen molar-refractivity contribution in [1.29, 1.82) is 0 Å². The summed E-state index contributed by atoms with van der Waals surface area (Å²) in [4.78, 5) is 18.8. The maximum Gasteiger partial charge on any atom is 0.408 e. The van der Waals surface area contributed by atoms with Crippen molar-refractivity contribution in [3.63, 3.8) is 0 Å². The van der Waals surface area contributed by atoms with E-state index in [-0.39, 0.29) is 5.54 Å². The highest BCUT2D eigenvalue weighted by atomic mass is 79.9. The van der Waals surface area contributed by atoms with E-state index in [1.165, 1.54) is 0 Å². The van der Waals surface area contributed by atoms with Crippen LogP contribution < -0.4 is 15.1 Å². The Balaban J connectivity index is 1.72. The lowest BCUT2D eigenvalue weighted by atomic mass is 9.90. The van der Waals surface area contributed by atoms with Gasteiger partial charge in [-0.3, -0.25) is 4.63 Å². The van der Waals surface area contributed by atoms with E-state index in [2.05, 4.69) is 31.4 Å². The first-order chi connectivity index (χ1) is 12.1. The van der Waals surface area contributed by atoms with Crippen LogP contribution in [0.15, 0.2) is 15.3 Å². The molecule has 0 aliphatic carbocycles. The minimum Gasteiger partial charge on any atom is -0.444 e. The number of alkyl carbamates (subject to hydrolysis) is 1. The van der Waals surface area contributed by atoms with Gasteiger partial charge in [0.05, 0.1) is 4.47 Å². The molecule has 9 nitrogen and oxygen atoms in total. The number of anilines is 1. The highest BCUT2D eigenvalue weighted by molar-refractivity contribution is 9.10. The molecule has 1 aliphatic rings. The number of hydrogen-bond donors (Lipinski definition) is 1. The molecule has 0 radical (unpaired) electrons. The van der Waals surface area contributed by atoms with Crippen LogP contribution in [0.5, 0.6) is 0 Å². The molecule has 0 saturated carbocycles. The highest BCUT2D eigenvalue weighted by Gasteiger charge is 2.35. The number of piperidine rings is 1. The van der Waals surface area contributed by atoms with Crippen LogP contribution in [0.4, 0.5) is 10.6 Å². The van der Waals surface area contributed by atoms with E-state index in [1.54, 1.807) is 6.20 Å². The fourth-order valence-corrected chi connectivity index (χ4v) is 3.31. The number of ether oxygens (including phenoxy) is 1. The van der Waals surface area contributed by atoms with Crippen LogP contribution in [0.3, 0.4) is 0 Å². The van der Waals surface area contributed by atoms with Crippen molar-refractivity contribution in [2.45, 2.75) is 51.7 Å². The fraction of sp³-hybridized carbons (Fsp3) is 0.625. The number of halogens is 1. The molecule has 1 saturated heterocycles. The van der Waals surface area contributed by atoms with Gasteiger partial charge in [0.2, 0.25) is 0 Å². The molecule has 1 aliphatic heterocycles. The van der Waals surface area contributed by atoms with Crippen molar-refractivity contribution in [2.75, 3.05) is 18.0 Å². The molecule has 0 spiro atoms. The Labute approximate surface area is 159 Å². The maximum atomic E-state index is 12.1. The summed E-state index contributed by atoms with van der Waals surface area (Å²) in [6, 6.07) is 0. The van der Waals surface area contributed by atoms with Gasteiger partial charge in [-0.15, -0.1) is 0 Å². The van der Waals surface area contributed by atoms with E-state index >= 15 is 0 Å². The van der Waals surface area contributed by atoms with Gasteiger partial charge >= 0.3 is 6.09 Å². The summed E-state index contributed by atoms with van der Waals surface area (Å²) < 4.78 is 10.7. The average molecular weight is 428 g/mol. The first-order valence-electron chi connectivity index (χ1n) is 8.38. The topological polar surface area (TPSA) is 107 Å². The molecule has 3 heterocycles. The molecular weight excluding hydrogens is 406 g/mol. The lowest BCUT2D eigenvalue weighted by Crippen LogP contribution is -2.54. The highest BCUT2D eigenvalue weighted by Crippen LogP contribution is 2.30. The number of hydrogen-bond acceptors (Lipinski definition) is 7. The van der Waals surface area contributed by atoms with Gasteiger partial charge in [0, 0.05) is 30.0 Å². The van der Waals surface area contributed by atoms with Crippen molar-refractivity contribution in [3.05, 3.63) is 15.9 Å². The van der Waals surface area contributed by atoms with Gasteiger partial charge in [-0.2, -0.15) is 0 Å². The molecule has 0 aromatic carbocycles. The summed E-state index contributed by atoms with van der Waals surface area (Å²) in [7, 11) is 0. The van der Waals surface area contributed by atoms with E-state index < -0.39 is 11.7 Å². The van der Waals surface area contributed by atoms with Crippen molar-refractivity contribution in [2.24, 2.45) is 0 Å². The molecule has 1 amide bonds. The van der Waals surface area contributed by atoms with Crippen LogP contribution in [-0.4, -0.2) is 40.5 Å². The third-order valence-corrected chi connectivity index (χ3v) is 4.90. The molecule has 0 atom stereocenters. The minimum absolute atomic E-state index is 0.295. The number of nitrogens with one attached hydrogen (secondary N) is 1. The quantitative estimate of drug-likeness (QED) is 0.733. The van der Waals surface area contributed by atoms with Gasteiger partial charge in [-0.1, -0.05) is 0 Å². The standard InChI is InChI=1S/C16H22BrN5O4/c1-15(2,3)25-14(23)19-16(4)5-7-21(8-6-16)13-12-11(10(17)9-18-13)20-26-22(12)24/h9H,5-8H2,1-4H3,(H,19,23). The van der Waals surface area contributed by atoms with Crippen LogP contribution in [0.1, 0.15) is 40.5 Å². The van der Waals surface area contributed by atoms with Gasteiger partial charge in [0.1, 0.15) is 5.60 Å². The third-order valence-electron chi connectivity index (χ3n) is 4.32. The Morgan fingerprint density at radius 1 is 1.46 bits per heavy atom. The second kappa shape index (κ2) is 6.57. The monoisotopic (exact) mass is 427 g/mol. The molecule has 1 fully saturated rings. The van der Waals surface area contributed by atoms with Gasteiger partial charge in [-0.25, -0.2) is 9.78 Å². The van der Waals surface area contributed by atoms with Gasteiger partial charge in [0.15, 0.2) is 5.82 Å². The maximum absolute atomic E-state index is 12.1. The summed E-state index contributed by atoms with van der Waals surface area (Å²) in [5.41, 5.74) is -0.187. The Morgan fingerprint density at radius 3 is 2.73 bits per heavy atom. The van der Waals surface area contributed by atoms with Crippen LogP contribution >= 0.6 is 15.9 Å². The number of carbonyl (C=O) groups is 1. The number of fused-ring (bicyclic) bond motifs is 1. The van der Waals surface area contributed by atoms with Crippen molar-refractivity contribution in [1.82, 2.24) is 15.5 Å². The Bertz CT molecular complexity index is 824. The molecule has 0 bridgehead atoms. The zero-order valence-corrected chi connectivity index (χ0v) is 16.8. The largest absolute Gasteiger partial charge is 0.444 e. The summed E-state index contributed by atoms with van der Waals surface area (Å²) in [5, 5.41) is 18.7. The summed E-state index contributed by atoms with van der Waals surface area (Å²) in [5.74, 6) is 0.527. The summed E-state index contributed by atoms with van der Waals surface area (Å²) in [6.07, 6.45) is 2.56. The SMILES string of the molecule is CC1(NC(=O)OC(C)(C)C)CCN(c2ncc(Br)c3no[n+]([O-])c23)CC1. The number of aromatic nitrogens is 3. The van der Waals surface area contributed by atoms with Crippen LogP contribution in [0.2, 0.25) is 0 Å².